The van der Waals surface area contributed by atoms with Crippen LogP contribution in [0.5, 0.6) is 0 Å². The Morgan fingerprint density at radius 2 is 1.60 bits per heavy atom. The van der Waals surface area contributed by atoms with Gasteiger partial charge in [0.25, 0.3) is 0 Å². The molecule has 1 saturated heterocycles. The molecule has 0 radical (unpaired) electrons. The summed E-state index contributed by atoms with van der Waals surface area (Å²) in [5.74, 6) is 0.793. The Labute approximate surface area is 118 Å². The third kappa shape index (κ3) is 2.44. The predicted molar refractivity (Wildman–Crippen MR) is 76.1 cm³/mol. The highest BCUT2D eigenvalue weighted by molar-refractivity contribution is 7.89. The normalized spacial score (nSPS) is 17.3. The highest BCUT2D eigenvalue weighted by Gasteiger charge is 2.28. The molecule has 2 aromatic rings. The van der Waals surface area contributed by atoms with Crippen LogP contribution in [0.4, 0.5) is 5.88 Å². The first kappa shape index (κ1) is 13.2. The lowest BCUT2D eigenvalue weighted by Gasteiger charge is -2.33. The number of hydrogen-bond donors (Lipinski definition) is 0. The molecule has 0 aliphatic carbocycles. The maximum Gasteiger partial charge on any atom is 0.243 e. The molecule has 0 saturated carbocycles. The minimum atomic E-state index is -3.38. The van der Waals surface area contributed by atoms with Crippen LogP contribution >= 0.6 is 0 Å². The van der Waals surface area contributed by atoms with Crippen LogP contribution in [0, 0.1) is 0 Å². The van der Waals surface area contributed by atoms with E-state index in [2.05, 4.69) is 4.90 Å². The molecule has 0 spiro atoms. The quantitative estimate of drug-likeness (QED) is 0.865. The van der Waals surface area contributed by atoms with Gasteiger partial charge < -0.3 is 9.32 Å². The number of sulfonamides is 1. The van der Waals surface area contributed by atoms with Crippen molar-refractivity contribution in [1.82, 2.24) is 4.31 Å². The van der Waals surface area contributed by atoms with E-state index in [1.165, 1.54) is 4.31 Å². The van der Waals surface area contributed by atoms with Gasteiger partial charge in [-0.15, -0.1) is 0 Å². The lowest BCUT2D eigenvalue weighted by Crippen LogP contribution is -2.48. The average Bonchev–Trinajstić information content (AvgIpc) is 3.02. The molecule has 0 N–H and O–H groups in total. The molecule has 0 amide bonds. The van der Waals surface area contributed by atoms with Crippen LogP contribution in [0.2, 0.25) is 0 Å². The van der Waals surface area contributed by atoms with Crippen molar-refractivity contribution in [2.24, 2.45) is 0 Å². The molecule has 1 aromatic carbocycles. The van der Waals surface area contributed by atoms with E-state index in [4.69, 9.17) is 4.42 Å². The van der Waals surface area contributed by atoms with Crippen LogP contribution in [0.1, 0.15) is 0 Å². The summed E-state index contributed by atoms with van der Waals surface area (Å²) in [6, 6.07) is 12.3. The summed E-state index contributed by atoms with van der Waals surface area (Å²) in [7, 11) is -3.38. The highest BCUT2D eigenvalue weighted by atomic mass is 32.2. The average molecular weight is 292 g/mol. The molecule has 2 heterocycles. The number of anilines is 1. The summed E-state index contributed by atoms with van der Waals surface area (Å²) < 4.78 is 31.8. The summed E-state index contributed by atoms with van der Waals surface area (Å²) in [6.45, 7) is 2.22. The van der Waals surface area contributed by atoms with Gasteiger partial charge in [-0.3, -0.25) is 0 Å². The molecule has 6 heteroatoms. The summed E-state index contributed by atoms with van der Waals surface area (Å²) in [5.41, 5.74) is 0. The summed E-state index contributed by atoms with van der Waals surface area (Å²) in [6.07, 6.45) is 1.63. The van der Waals surface area contributed by atoms with Gasteiger partial charge in [0.2, 0.25) is 10.0 Å². The van der Waals surface area contributed by atoms with Gasteiger partial charge in [-0.25, -0.2) is 8.42 Å². The van der Waals surface area contributed by atoms with Crippen molar-refractivity contribution in [2.75, 3.05) is 31.1 Å². The number of rotatable bonds is 3. The van der Waals surface area contributed by atoms with E-state index in [1.807, 2.05) is 18.2 Å². The topological polar surface area (TPSA) is 53.8 Å². The van der Waals surface area contributed by atoms with Crippen molar-refractivity contribution in [3.8, 4) is 0 Å². The van der Waals surface area contributed by atoms with E-state index < -0.39 is 10.0 Å². The van der Waals surface area contributed by atoms with Crippen LogP contribution in [-0.2, 0) is 10.0 Å². The van der Waals surface area contributed by atoms with E-state index in [0.29, 0.717) is 31.1 Å². The molecule has 1 aliphatic rings. The Bertz CT molecular complexity index is 645. The third-order valence-corrected chi connectivity index (χ3v) is 5.35. The highest BCUT2D eigenvalue weighted by Crippen LogP contribution is 2.21. The van der Waals surface area contributed by atoms with Crippen LogP contribution in [0.15, 0.2) is 58.0 Å². The minimum absolute atomic E-state index is 0.353. The zero-order chi connectivity index (χ0) is 14.0. The van der Waals surface area contributed by atoms with Crippen LogP contribution < -0.4 is 4.90 Å². The van der Waals surface area contributed by atoms with Crippen LogP contribution in [0.25, 0.3) is 0 Å². The minimum Gasteiger partial charge on any atom is -0.449 e. The largest absolute Gasteiger partial charge is 0.449 e. The number of nitrogens with zero attached hydrogens (tertiary/aromatic N) is 2. The molecule has 1 aliphatic heterocycles. The number of hydrogen-bond acceptors (Lipinski definition) is 4. The molecule has 20 heavy (non-hydrogen) atoms. The molecule has 0 atom stereocenters. The lowest BCUT2D eigenvalue weighted by atomic mass is 10.4. The fraction of sp³-hybridized carbons (Fsp3) is 0.286. The molecular formula is C14H16N2O3S. The van der Waals surface area contributed by atoms with Crippen LogP contribution in [-0.4, -0.2) is 38.9 Å². The zero-order valence-corrected chi connectivity index (χ0v) is 11.8. The third-order valence-electron chi connectivity index (χ3n) is 3.44. The van der Waals surface area contributed by atoms with Gasteiger partial charge in [-0.05, 0) is 18.2 Å². The molecule has 3 rings (SSSR count). The summed E-state index contributed by atoms with van der Waals surface area (Å²) in [5, 5.41) is 0. The van der Waals surface area contributed by atoms with Crippen molar-refractivity contribution < 1.29 is 12.8 Å². The van der Waals surface area contributed by atoms with Gasteiger partial charge in [0.1, 0.15) is 0 Å². The number of benzene rings is 1. The van der Waals surface area contributed by atoms with Crippen molar-refractivity contribution in [3.63, 3.8) is 0 Å². The number of piperazine rings is 1. The van der Waals surface area contributed by atoms with E-state index in [9.17, 15) is 8.42 Å². The van der Waals surface area contributed by atoms with Gasteiger partial charge in [-0.2, -0.15) is 4.31 Å². The monoisotopic (exact) mass is 292 g/mol. The Balaban J connectivity index is 1.72. The Morgan fingerprint density at radius 1 is 0.900 bits per heavy atom. The molecule has 1 fully saturated rings. The molecule has 0 bridgehead atoms. The van der Waals surface area contributed by atoms with E-state index in [-0.39, 0.29) is 0 Å². The van der Waals surface area contributed by atoms with E-state index in [0.717, 1.165) is 5.88 Å². The van der Waals surface area contributed by atoms with E-state index >= 15 is 0 Å². The SMILES string of the molecule is O=S(=O)(c1ccccc1)N1CCN(c2ccco2)CC1. The fourth-order valence-electron chi connectivity index (χ4n) is 2.34. The number of furan rings is 1. The molecular weight excluding hydrogens is 276 g/mol. The maximum atomic E-state index is 12.5. The first-order valence-electron chi connectivity index (χ1n) is 6.51. The molecule has 5 nitrogen and oxygen atoms in total. The van der Waals surface area contributed by atoms with Gasteiger partial charge in [0.05, 0.1) is 11.2 Å². The van der Waals surface area contributed by atoms with Crippen molar-refractivity contribution in [2.45, 2.75) is 4.90 Å². The second-order valence-electron chi connectivity index (χ2n) is 4.66. The molecule has 106 valence electrons. The maximum absolute atomic E-state index is 12.5. The Morgan fingerprint density at radius 3 is 2.20 bits per heavy atom. The van der Waals surface area contributed by atoms with Gasteiger partial charge in [0.15, 0.2) is 5.88 Å². The second kappa shape index (κ2) is 5.30. The van der Waals surface area contributed by atoms with Crippen molar-refractivity contribution in [1.29, 1.82) is 0 Å². The van der Waals surface area contributed by atoms with Gasteiger partial charge >= 0.3 is 0 Å². The fourth-order valence-corrected chi connectivity index (χ4v) is 3.78. The lowest BCUT2D eigenvalue weighted by molar-refractivity contribution is 0.374. The standard InChI is InChI=1S/C14H16N2O3S/c17-20(18,13-5-2-1-3-6-13)16-10-8-15(9-11-16)14-7-4-12-19-14/h1-7,12H,8-11H2. The first-order valence-corrected chi connectivity index (χ1v) is 7.95. The summed E-state index contributed by atoms with van der Waals surface area (Å²) >= 11 is 0. The second-order valence-corrected chi connectivity index (χ2v) is 6.59. The van der Waals surface area contributed by atoms with Crippen molar-refractivity contribution >= 4 is 15.9 Å². The smallest absolute Gasteiger partial charge is 0.243 e. The van der Waals surface area contributed by atoms with Gasteiger partial charge in [-0.1, -0.05) is 18.2 Å². The predicted octanol–water partition coefficient (Wildman–Crippen LogP) is 1.79. The summed E-state index contributed by atoms with van der Waals surface area (Å²) in [4.78, 5) is 2.41. The van der Waals surface area contributed by atoms with Gasteiger partial charge in [0, 0.05) is 32.2 Å². The van der Waals surface area contributed by atoms with Crippen LogP contribution in [0.3, 0.4) is 0 Å². The van der Waals surface area contributed by atoms with Crippen molar-refractivity contribution in [3.05, 3.63) is 48.7 Å². The molecule has 1 aromatic heterocycles. The zero-order valence-electron chi connectivity index (χ0n) is 11.0. The Kier molecular flexibility index (Phi) is 3.50. The Hall–Kier alpha value is -1.79. The first-order chi connectivity index (χ1) is 9.68. The molecule has 0 unspecified atom stereocenters. The van der Waals surface area contributed by atoms with E-state index in [1.54, 1.807) is 30.5 Å².